The van der Waals surface area contributed by atoms with Crippen molar-refractivity contribution in [3.05, 3.63) is 35.4 Å². The third-order valence-electron chi connectivity index (χ3n) is 3.14. The molecule has 0 bridgehead atoms. The van der Waals surface area contributed by atoms with Crippen LogP contribution in [0, 0.1) is 0 Å². The van der Waals surface area contributed by atoms with E-state index in [9.17, 15) is 21.6 Å². The smallest absolute Gasteiger partial charge is 0.309 e. The minimum Gasteiger partial charge on any atom is -0.309 e. The standard InChI is InChI=1S/C12H14F3NO2S/c13-12(14,15)11-4-2-1-3-9(11)7-16-10-5-6-19(17,18)8-10/h1-4,10,16H,5-8H2. The minimum absolute atomic E-state index is 0.00118. The highest BCUT2D eigenvalue weighted by molar-refractivity contribution is 7.91. The van der Waals surface area contributed by atoms with E-state index < -0.39 is 21.6 Å². The van der Waals surface area contributed by atoms with Crippen molar-refractivity contribution >= 4 is 9.84 Å². The predicted octanol–water partition coefficient (Wildman–Crippen LogP) is 1.98. The molecular formula is C12H14F3NO2S. The van der Waals surface area contributed by atoms with Crippen LogP contribution in [-0.4, -0.2) is 26.0 Å². The summed E-state index contributed by atoms with van der Waals surface area (Å²) in [5, 5.41) is 2.89. The van der Waals surface area contributed by atoms with Gasteiger partial charge in [0.05, 0.1) is 17.1 Å². The van der Waals surface area contributed by atoms with Gasteiger partial charge >= 0.3 is 6.18 Å². The largest absolute Gasteiger partial charge is 0.416 e. The molecule has 0 aromatic heterocycles. The molecular weight excluding hydrogens is 279 g/mol. The van der Waals surface area contributed by atoms with Crippen LogP contribution in [0.15, 0.2) is 24.3 Å². The highest BCUT2D eigenvalue weighted by atomic mass is 32.2. The lowest BCUT2D eigenvalue weighted by molar-refractivity contribution is -0.138. The molecule has 7 heteroatoms. The lowest BCUT2D eigenvalue weighted by atomic mass is 10.1. The molecule has 1 aliphatic rings. The molecule has 0 spiro atoms. The fraction of sp³-hybridized carbons (Fsp3) is 0.500. The van der Waals surface area contributed by atoms with E-state index in [1.165, 1.54) is 18.2 Å². The fourth-order valence-corrected chi connectivity index (χ4v) is 3.87. The first kappa shape index (κ1) is 14.3. The van der Waals surface area contributed by atoms with E-state index in [2.05, 4.69) is 5.32 Å². The van der Waals surface area contributed by atoms with Crippen LogP contribution in [0.5, 0.6) is 0 Å². The number of nitrogens with one attached hydrogen (secondary N) is 1. The van der Waals surface area contributed by atoms with E-state index in [0.29, 0.717) is 6.42 Å². The van der Waals surface area contributed by atoms with Crippen LogP contribution in [0.2, 0.25) is 0 Å². The van der Waals surface area contributed by atoms with Crippen molar-refractivity contribution in [1.29, 1.82) is 0 Å². The van der Waals surface area contributed by atoms with Crippen LogP contribution in [0.3, 0.4) is 0 Å². The van der Waals surface area contributed by atoms with Crippen molar-refractivity contribution in [3.8, 4) is 0 Å². The second-order valence-electron chi connectivity index (χ2n) is 4.64. The van der Waals surface area contributed by atoms with Gasteiger partial charge in [-0.25, -0.2) is 8.42 Å². The monoisotopic (exact) mass is 293 g/mol. The number of hydrogen-bond donors (Lipinski definition) is 1. The number of alkyl halides is 3. The van der Waals surface area contributed by atoms with Crippen molar-refractivity contribution in [2.45, 2.75) is 25.2 Å². The van der Waals surface area contributed by atoms with Crippen LogP contribution in [0.25, 0.3) is 0 Å². The summed E-state index contributed by atoms with van der Waals surface area (Å²) < 4.78 is 60.8. The Morgan fingerprint density at radius 1 is 1.26 bits per heavy atom. The van der Waals surface area contributed by atoms with E-state index in [1.54, 1.807) is 0 Å². The zero-order valence-electron chi connectivity index (χ0n) is 10.1. The van der Waals surface area contributed by atoms with Gasteiger partial charge < -0.3 is 5.32 Å². The van der Waals surface area contributed by atoms with E-state index in [-0.39, 0.29) is 29.7 Å². The first-order valence-electron chi connectivity index (χ1n) is 5.87. The van der Waals surface area contributed by atoms with Gasteiger partial charge in [-0.3, -0.25) is 0 Å². The van der Waals surface area contributed by atoms with Crippen LogP contribution in [0.1, 0.15) is 17.5 Å². The molecule has 1 aliphatic heterocycles. The van der Waals surface area contributed by atoms with Gasteiger partial charge in [-0.2, -0.15) is 13.2 Å². The molecule has 1 aromatic rings. The summed E-state index contributed by atoms with van der Waals surface area (Å²) in [5.74, 6) is 0.104. The summed E-state index contributed by atoms with van der Waals surface area (Å²) in [6.07, 6.45) is -3.93. The molecule has 0 radical (unpaired) electrons. The van der Waals surface area contributed by atoms with Crippen LogP contribution in [-0.2, 0) is 22.6 Å². The molecule has 1 saturated heterocycles. The maximum Gasteiger partial charge on any atom is 0.416 e. The highest BCUT2D eigenvalue weighted by Crippen LogP contribution is 2.31. The van der Waals surface area contributed by atoms with Gasteiger partial charge in [-0.05, 0) is 18.1 Å². The zero-order valence-corrected chi connectivity index (χ0v) is 10.9. The zero-order chi connectivity index (χ0) is 14.1. The maximum atomic E-state index is 12.7. The Kier molecular flexibility index (Phi) is 3.87. The Hall–Kier alpha value is -1.08. The number of hydrogen-bond acceptors (Lipinski definition) is 3. The van der Waals surface area contributed by atoms with Gasteiger partial charge in [0.1, 0.15) is 0 Å². The third kappa shape index (κ3) is 3.70. The highest BCUT2D eigenvalue weighted by Gasteiger charge is 2.33. The summed E-state index contributed by atoms with van der Waals surface area (Å²) in [7, 11) is -3.02. The average Bonchev–Trinajstić information content (AvgIpc) is 2.66. The molecule has 0 saturated carbocycles. The first-order chi connectivity index (χ1) is 8.78. The van der Waals surface area contributed by atoms with E-state index in [4.69, 9.17) is 0 Å². The van der Waals surface area contributed by atoms with E-state index >= 15 is 0 Å². The Balaban J connectivity index is 2.05. The second-order valence-corrected chi connectivity index (χ2v) is 6.86. The number of rotatable bonds is 3. The number of halogens is 3. The molecule has 2 rings (SSSR count). The Labute approximate surface area is 109 Å². The van der Waals surface area contributed by atoms with Crippen molar-refractivity contribution in [2.75, 3.05) is 11.5 Å². The molecule has 1 atom stereocenters. The lowest BCUT2D eigenvalue weighted by Crippen LogP contribution is -2.30. The van der Waals surface area contributed by atoms with Crippen LogP contribution in [0.4, 0.5) is 13.2 Å². The third-order valence-corrected chi connectivity index (χ3v) is 4.90. The number of sulfone groups is 1. The van der Waals surface area contributed by atoms with Gasteiger partial charge in [0.25, 0.3) is 0 Å². The molecule has 3 nitrogen and oxygen atoms in total. The second kappa shape index (κ2) is 5.13. The molecule has 1 heterocycles. The van der Waals surface area contributed by atoms with Gasteiger partial charge in [0, 0.05) is 12.6 Å². The fourth-order valence-electron chi connectivity index (χ4n) is 2.16. The molecule has 1 aromatic carbocycles. The topological polar surface area (TPSA) is 46.2 Å². The molecule has 1 N–H and O–H groups in total. The normalized spacial score (nSPS) is 22.6. The lowest BCUT2D eigenvalue weighted by Gasteiger charge is -2.15. The van der Waals surface area contributed by atoms with E-state index in [1.807, 2.05) is 0 Å². The Bertz CT molecular complexity index is 554. The molecule has 0 amide bonds. The minimum atomic E-state index is -4.39. The van der Waals surface area contributed by atoms with Gasteiger partial charge in [0.15, 0.2) is 9.84 Å². The maximum absolute atomic E-state index is 12.7. The molecule has 1 unspecified atom stereocenters. The average molecular weight is 293 g/mol. The van der Waals surface area contributed by atoms with Crippen molar-refractivity contribution in [3.63, 3.8) is 0 Å². The van der Waals surface area contributed by atoms with Crippen molar-refractivity contribution < 1.29 is 21.6 Å². The Morgan fingerprint density at radius 3 is 2.53 bits per heavy atom. The molecule has 19 heavy (non-hydrogen) atoms. The summed E-state index contributed by atoms with van der Waals surface area (Å²) in [6, 6.07) is 5.05. The quantitative estimate of drug-likeness (QED) is 0.927. The summed E-state index contributed by atoms with van der Waals surface area (Å²) >= 11 is 0. The van der Waals surface area contributed by atoms with Crippen molar-refractivity contribution in [1.82, 2.24) is 5.32 Å². The van der Waals surface area contributed by atoms with Gasteiger partial charge in [0.2, 0.25) is 0 Å². The predicted molar refractivity (Wildman–Crippen MR) is 65.3 cm³/mol. The molecule has 106 valence electrons. The summed E-state index contributed by atoms with van der Waals surface area (Å²) in [6.45, 7) is 0.0237. The van der Waals surface area contributed by atoms with Gasteiger partial charge in [-0.1, -0.05) is 18.2 Å². The van der Waals surface area contributed by atoms with Gasteiger partial charge in [-0.15, -0.1) is 0 Å². The molecule has 0 aliphatic carbocycles. The van der Waals surface area contributed by atoms with E-state index in [0.717, 1.165) is 6.07 Å². The summed E-state index contributed by atoms with van der Waals surface area (Å²) in [4.78, 5) is 0. The SMILES string of the molecule is O=S1(=O)CCC(NCc2ccccc2C(F)(F)F)C1. The van der Waals surface area contributed by atoms with Crippen LogP contribution < -0.4 is 5.32 Å². The first-order valence-corrected chi connectivity index (χ1v) is 7.69. The van der Waals surface area contributed by atoms with Crippen LogP contribution >= 0.6 is 0 Å². The Morgan fingerprint density at radius 2 is 1.95 bits per heavy atom. The van der Waals surface area contributed by atoms with Crippen molar-refractivity contribution in [2.24, 2.45) is 0 Å². The molecule has 1 fully saturated rings. The summed E-state index contributed by atoms with van der Waals surface area (Å²) in [5.41, 5.74) is -0.539. The number of benzene rings is 1.